The smallest absolute Gasteiger partial charge is 0.319 e. The Kier molecular flexibility index (Phi) is 6.48. The zero-order valence-electron chi connectivity index (χ0n) is 22.3. The molecule has 2 aromatic heterocycles. The second kappa shape index (κ2) is 10.0. The van der Waals surface area contributed by atoms with E-state index in [1.54, 1.807) is 12.3 Å². The molecule has 1 N–H and O–H groups in total. The lowest BCUT2D eigenvalue weighted by Crippen LogP contribution is -2.43. The molecule has 0 aliphatic carbocycles. The number of nitrogens with one attached hydrogen (secondary N) is 1. The van der Waals surface area contributed by atoms with Crippen molar-refractivity contribution in [2.45, 2.75) is 43.4 Å². The topological polar surface area (TPSA) is 66.4 Å². The van der Waals surface area contributed by atoms with Crippen LogP contribution in [0.4, 0.5) is 14.6 Å². The Morgan fingerprint density at radius 1 is 1.23 bits per heavy atom. The molecule has 10 heteroatoms. The summed E-state index contributed by atoms with van der Waals surface area (Å²) in [6.07, 6.45) is 4.03. The molecule has 7 rings (SSSR count). The van der Waals surface area contributed by atoms with Crippen LogP contribution in [-0.4, -0.2) is 77.4 Å². The van der Waals surface area contributed by atoms with E-state index in [0.717, 1.165) is 49.7 Å². The van der Waals surface area contributed by atoms with Gasteiger partial charge < -0.3 is 15.0 Å². The summed E-state index contributed by atoms with van der Waals surface area (Å²) >= 11 is 6.57. The van der Waals surface area contributed by atoms with Gasteiger partial charge >= 0.3 is 6.01 Å². The van der Waals surface area contributed by atoms with Gasteiger partial charge in [0.25, 0.3) is 0 Å². The fourth-order valence-electron chi connectivity index (χ4n) is 6.83. The lowest BCUT2D eigenvalue weighted by Gasteiger charge is -2.31. The SMILES string of the molecule is CN(c1nc(OC[C@@]23CCCN2C[C@H](F)C3)nc2c(F)c(-c3cccc4cccc(Cl)c34)ncc12)[C@@H]1CCNC1. The first-order valence-electron chi connectivity index (χ1n) is 13.9. The van der Waals surface area contributed by atoms with Crippen LogP contribution in [0.25, 0.3) is 32.9 Å². The molecule has 208 valence electrons. The van der Waals surface area contributed by atoms with Crippen molar-refractivity contribution in [3.63, 3.8) is 0 Å². The van der Waals surface area contributed by atoms with Crippen molar-refractivity contribution in [2.24, 2.45) is 0 Å². The first kappa shape index (κ1) is 25.8. The summed E-state index contributed by atoms with van der Waals surface area (Å²) in [7, 11) is 1.96. The zero-order chi connectivity index (χ0) is 27.4. The zero-order valence-corrected chi connectivity index (χ0v) is 23.1. The molecule has 7 nitrogen and oxygen atoms in total. The molecule has 5 heterocycles. The van der Waals surface area contributed by atoms with E-state index in [0.29, 0.717) is 34.8 Å². The third-order valence-corrected chi connectivity index (χ3v) is 9.21. The highest BCUT2D eigenvalue weighted by Crippen LogP contribution is 2.41. The van der Waals surface area contributed by atoms with Gasteiger partial charge in [-0.2, -0.15) is 9.97 Å². The van der Waals surface area contributed by atoms with E-state index >= 15 is 4.39 Å². The molecule has 3 atom stereocenters. The predicted molar refractivity (Wildman–Crippen MR) is 153 cm³/mol. The van der Waals surface area contributed by atoms with Crippen LogP contribution in [0.3, 0.4) is 0 Å². The molecular formula is C30H31ClF2N6O. The van der Waals surface area contributed by atoms with Gasteiger partial charge in [-0.05, 0) is 43.8 Å². The molecule has 0 radical (unpaired) electrons. The average Bonchev–Trinajstić information content (AvgIpc) is 3.68. The highest BCUT2D eigenvalue weighted by molar-refractivity contribution is 6.36. The van der Waals surface area contributed by atoms with Gasteiger partial charge in [0.2, 0.25) is 0 Å². The van der Waals surface area contributed by atoms with Crippen LogP contribution in [0, 0.1) is 5.82 Å². The number of hydrogen-bond acceptors (Lipinski definition) is 7. The van der Waals surface area contributed by atoms with Gasteiger partial charge in [-0.15, -0.1) is 0 Å². The fraction of sp³-hybridized carbons (Fsp3) is 0.433. The number of alkyl halides is 1. The molecule has 0 spiro atoms. The van der Waals surface area contributed by atoms with E-state index < -0.39 is 12.0 Å². The number of aromatic nitrogens is 3. The monoisotopic (exact) mass is 564 g/mol. The summed E-state index contributed by atoms with van der Waals surface area (Å²) in [5.41, 5.74) is 0.547. The minimum Gasteiger partial charge on any atom is -0.461 e. The standard InChI is InChI=1S/C30H31ClF2N6O/c1-38(20-9-11-34-14-20)28-22-15-35-26(21-7-2-5-18-6-3-8-23(31)24(18)21)25(33)27(22)36-29(37-28)40-17-30-10-4-12-39(30)16-19(32)13-30/h2-3,5-8,15,19-20,34H,4,9-14,16-17H2,1H3/t19-,20-,30+/m1/s1. The number of likely N-dealkylation sites (N-methyl/N-ethyl adjacent to an activating group) is 1. The van der Waals surface area contributed by atoms with Crippen molar-refractivity contribution in [2.75, 3.05) is 44.7 Å². The number of nitrogens with zero attached hydrogens (tertiary/aromatic N) is 5. The Hall–Kier alpha value is -3.14. The molecule has 2 aromatic carbocycles. The molecule has 3 fully saturated rings. The molecule has 0 amide bonds. The van der Waals surface area contributed by atoms with Gasteiger partial charge in [0.1, 0.15) is 29.8 Å². The number of anilines is 1. The number of benzene rings is 2. The van der Waals surface area contributed by atoms with Crippen LogP contribution in [-0.2, 0) is 0 Å². The van der Waals surface area contributed by atoms with E-state index in [4.69, 9.17) is 21.3 Å². The minimum absolute atomic E-state index is 0.0934. The van der Waals surface area contributed by atoms with E-state index in [1.807, 2.05) is 37.4 Å². The Labute approximate surface area is 236 Å². The van der Waals surface area contributed by atoms with Crippen LogP contribution in [0.2, 0.25) is 5.02 Å². The van der Waals surface area contributed by atoms with E-state index in [9.17, 15) is 4.39 Å². The molecule has 3 aliphatic rings. The number of rotatable bonds is 6. The van der Waals surface area contributed by atoms with Crippen molar-refractivity contribution in [3.8, 4) is 17.3 Å². The van der Waals surface area contributed by atoms with E-state index in [-0.39, 0.29) is 35.4 Å². The fourth-order valence-corrected chi connectivity index (χ4v) is 7.11. The first-order valence-corrected chi connectivity index (χ1v) is 14.3. The number of ether oxygens (including phenoxy) is 1. The van der Waals surface area contributed by atoms with Gasteiger partial charge in [-0.3, -0.25) is 9.88 Å². The predicted octanol–water partition coefficient (Wildman–Crippen LogP) is 5.39. The molecular weight excluding hydrogens is 534 g/mol. The second-order valence-electron chi connectivity index (χ2n) is 11.3. The van der Waals surface area contributed by atoms with Crippen molar-refractivity contribution >= 4 is 39.1 Å². The van der Waals surface area contributed by atoms with Gasteiger partial charge in [0.15, 0.2) is 5.82 Å². The first-order chi connectivity index (χ1) is 19.4. The van der Waals surface area contributed by atoms with Crippen LogP contribution >= 0.6 is 11.6 Å². The summed E-state index contributed by atoms with van der Waals surface area (Å²) in [5.74, 6) is 0.0138. The molecule has 3 saturated heterocycles. The van der Waals surface area contributed by atoms with E-state index in [1.165, 1.54) is 0 Å². The third-order valence-electron chi connectivity index (χ3n) is 8.90. The number of fused-ring (bicyclic) bond motifs is 3. The summed E-state index contributed by atoms with van der Waals surface area (Å²) in [6, 6.07) is 11.5. The number of pyridine rings is 1. The van der Waals surface area contributed by atoms with E-state index in [2.05, 4.69) is 25.1 Å². The number of halogens is 3. The average molecular weight is 565 g/mol. The van der Waals surface area contributed by atoms with Crippen molar-refractivity contribution in [3.05, 3.63) is 53.4 Å². The lowest BCUT2D eigenvalue weighted by atomic mass is 9.95. The Morgan fingerprint density at radius 2 is 2.08 bits per heavy atom. The molecule has 40 heavy (non-hydrogen) atoms. The van der Waals surface area contributed by atoms with Gasteiger partial charge in [0.05, 0.1) is 10.9 Å². The number of hydrogen-bond donors (Lipinski definition) is 1. The molecule has 3 aliphatic heterocycles. The van der Waals surface area contributed by atoms with Crippen LogP contribution < -0.4 is 15.0 Å². The van der Waals surface area contributed by atoms with Crippen molar-refractivity contribution in [1.29, 1.82) is 0 Å². The largest absolute Gasteiger partial charge is 0.461 e. The summed E-state index contributed by atoms with van der Waals surface area (Å²) in [6.45, 7) is 3.27. The molecule has 4 aromatic rings. The summed E-state index contributed by atoms with van der Waals surface area (Å²) in [5, 5.41) is 6.06. The highest BCUT2D eigenvalue weighted by atomic mass is 35.5. The maximum absolute atomic E-state index is 16.5. The Bertz CT molecular complexity index is 1590. The van der Waals surface area contributed by atoms with Gasteiger partial charge in [0, 0.05) is 54.8 Å². The van der Waals surface area contributed by atoms with Crippen LogP contribution in [0.1, 0.15) is 25.7 Å². The summed E-state index contributed by atoms with van der Waals surface area (Å²) < 4.78 is 37.1. The molecule has 0 unspecified atom stereocenters. The lowest BCUT2D eigenvalue weighted by molar-refractivity contribution is 0.107. The van der Waals surface area contributed by atoms with Gasteiger partial charge in [-0.1, -0.05) is 41.9 Å². The highest BCUT2D eigenvalue weighted by Gasteiger charge is 2.49. The van der Waals surface area contributed by atoms with Gasteiger partial charge in [-0.25, -0.2) is 8.78 Å². The second-order valence-corrected chi connectivity index (χ2v) is 11.7. The van der Waals surface area contributed by atoms with Crippen molar-refractivity contribution < 1.29 is 13.5 Å². The third kappa shape index (κ3) is 4.26. The quantitative estimate of drug-likeness (QED) is 0.337. The Balaban J connectivity index is 1.34. The van der Waals surface area contributed by atoms with Crippen molar-refractivity contribution in [1.82, 2.24) is 25.2 Å². The van der Waals surface area contributed by atoms with Crippen LogP contribution in [0.15, 0.2) is 42.6 Å². The molecule has 0 saturated carbocycles. The molecule has 0 bridgehead atoms. The maximum Gasteiger partial charge on any atom is 0.319 e. The van der Waals surface area contributed by atoms with Crippen LogP contribution in [0.5, 0.6) is 6.01 Å². The normalized spacial score (nSPS) is 24.7. The maximum atomic E-state index is 16.5. The summed E-state index contributed by atoms with van der Waals surface area (Å²) in [4.78, 5) is 18.2. The Morgan fingerprint density at radius 3 is 2.90 bits per heavy atom. The minimum atomic E-state index is -0.864.